The minimum absolute atomic E-state index is 0.291. The Labute approximate surface area is 110 Å². The molecule has 0 saturated heterocycles. The van der Waals surface area contributed by atoms with Gasteiger partial charge in [-0.3, -0.25) is 0 Å². The number of rotatable bonds is 3. The molecule has 2 rings (SSSR count). The monoisotopic (exact) mass is 267 g/mol. The molecule has 0 aliphatic carbocycles. The lowest BCUT2D eigenvalue weighted by molar-refractivity contribution is 1.18. The quantitative estimate of drug-likeness (QED) is 0.674. The van der Waals surface area contributed by atoms with Crippen LogP contribution in [0.4, 0.5) is 5.82 Å². The predicted molar refractivity (Wildman–Crippen MR) is 75.1 cm³/mol. The minimum atomic E-state index is 0.291. The van der Waals surface area contributed by atoms with Gasteiger partial charge in [0.2, 0.25) is 5.28 Å². The summed E-state index contributed by atoms with van der Waals surface area (Å²) >= 11 is 7.53. The Morgan fingerprint density at radius 2 is 2.24 bits per heavy atom. The highest BCUT2D eigenvalue weighted by molar-refractivity contribution is 7.18. The Kier molecular flexibility index (Phi) is 3.64. The molecule has 2 aromatic heterocycles. The van der Waals surface area contributed by atoms with Crippen molar-refractivity contribution in [2.24, 2.45) is 0 Å². The molecule has 0 atom stereocenters. The minimum Gasteiger partial charge on any atom is -0.366 e. The van der Waals surface area contributed by atoms with Crippen molar-refractivity contribution < 1.29 is 0 Å². The summed E-state index contributed by atoms with van der Waals surface area (Å²) in [6, 6.07) is 2.08. The number of fused-ring (bicyclic) bond motifs is 1. The molecule has 5 heteroatoms. The van der Waals surface area contributed by atoms with Gasteiger partial charge in [0.1, 0.15) is 10.6 Å². The topological polar surface area (TPSA) is 37.8 Å². The van der Waals surface area contributed by atoms with Gasteiger partial charge < -0.3 is 5.32 Å². The van der Waals surface area contributed by atoms with Crippen molar-refractivity contribution in [2.45, 2.75) is 20.8 Å². The Bertz CT molecular complexity index is 570. The molecule has 0 aromatic carbocycles. The highest BCUT2D eigenvalue weighted by Crippen LogP contribution is 2.29. The fraction of sp³-hybridized carbons (Fsp3) is 0.333. The average Bonchev–Trinajstić information content (AvgIpc) is 2.57. The molecule has 0 bridgehead atoms. The van der Waals surface area contributed by atoms with Crippen LogP contribution in [0.1, 0.15) is 18.7 Å². The number of thiophene rings is 1. The van der Waals surface area contributed by atoms with E-state index in [1.165, 1.54) is 10.5 Å². The number of hydrogen-bond donors (Lipinski definition) is 1. The van der Waals surface area contributed by atoms with Crippen molar-refractivity contribution >= 4 is 39.0 Å². The number of anilines is 1. The van der Waals surface area contributed by atoms with E-state index in [9.17, 15) is 0 Å². The number of aryl methyl sites for hydroxylation is 1. The van der Waals surface area contributed by atoms with Crippen molar-refractivity contribution in [3.8, 4) is 0 Å². The van der Waals surface area contributed by atoms with Crippen LogP contribution in [0.2, 0.25) is 5.28 Å². The van der Waals surface area contributed by atoms with Crippen molar-refractivity contribution in [2.75, 3.05) is 11.9 Å². The summed E-state index contributed by atoms with van der Waals surface area (Å²) in [5.41, 5.74) is 1.27. The first-order valence-electron chi connectivity index (χ1n) is 5.37. The molecule has 2 aromatic rings. The second-order valence-corrected chi connectivity index (χ2v) is 5.65. The van der Waals surface area contributed by atoms with Gasteiger partial charge >= 0.3 is 0 Å². The van der Waals surface area contributed by atoms with E-state index in [0.29, 0.717) is 5.28 Å². The molecule has 0 spiro atoms. The van der Waals surface area contributed by atoms with Gasteiger partial charge in [-0.25, -0.2) is 9.97 Å². The number of nitrogens with one attached hydrogen (secondary N) is 1. The maximum atomic E-state index is 5.90. The molecule has 90 valence electrons. The molecular weight excluding hydrogens is 254 g/mol. The molecule has 0 aliphatic rings. The van der Waals surface area contributed by atoms with Gasteiger partial charge in [0.15, 0.2) is 0 Å². The second kappa shape index (κ2) is 5.02. The van der Waals surface area contributed by atoms with E-state index in [0.717, 1.165) is 22.6 Å². The van der Waals surface area contributed by atoms with E-state index in [1.807, 2.05) is 0 Å². The average molecular weight is 268 g/mol. The first-order chi connectivity index (χ1) is 8.06. The van der Waals surface area contributed by atoms with E-state index >= 15 is 0 Å². The molecular formula is C12H14ClN3S. The highest BCUT2D eigenvalue weighted by atomic mass is 35.5. The summed E-state index contributed by atoms with van der Waals surface area (Å²) < 4.78 is 0. The van der Waals surface area contributed by atoms with Crippen LogP contribution in [0.3, 0.4) is 0 Å². The van der Waals surface area contributed by atoms with Crippen LogP contribution in [-0.2, 0) is 0 Å². The zero-order valence-corrected chi connectivity index (χ0v) is 11.6. The van der Waals surface area contributed by atoms with Crippen LogP contribution in [-0.4, -0.2) is 16.5 Å². The lowest BCUT2D eigenvalue weighted by atomic mass is 10.3. The van der Waals surface area contributed by atoms with Gasteiger partial charge in [-0.05, 0) is 38.4 Å². The smallest absolute Gasteiger partial charge is 0.225 e. The fourth-order valence-electron chi connectivity index (χ4n) is 1.50. The van der Waals surface area contributed by atoms with Crippen molar-refractivity contribution in [3.05, 3.63) is 27.9 Å². The molecule has 0 saturated carbocycles. The van der Waals surface area contributed by atoms with Crippen molar-refractivity contribution in [1.29, 1.82) is 0 Å². The van der Waals surface area contributed by atoms with Gasteiger partial charge in [-0.15, -0.1) is 11.3 Å². The Hall–Kier alpha value is -1.13. The van der Waals surface area contributed by atoms with Crippen LogP contribution < -0.4 is 5.32 Å². The van der Waals surface area contributed by atoms with Gasteiger partial charge in [0.25, 0.3) is 0 Å². The third-order valence-corrected chi connectivity index (χ3v) is 3.38. The fourth-order valence-corrected chi connectivity index (χ4v) is 2.60. The highest BCUT2D eigenvalue weighted by Gasteiger charge is 2.08. The lowest BCUT2D eigenvalue weighted by Gasteiger charge is -2.04. The third-order valence-electron chi connectivity index (χ3n) is 2.27. The molecule has 0 fully saturated rings. The number of aromatic nitrogens is 2. The van der Waals surface area contributed by atoms with Crippen LogP contribution in [0, 0.1) is 6.92 Å². The summed E-state index contributed by atoms with van der Waals surface area (Å²) in [6.07, 6.45) is 2.11. The molecule has 0 aliphatic heterocycles. The van der Waals surface area contributed by atoms with E-state index in [4.69, 9.17) is 11.6 Å². The number of allylic oxidation sites excluding steroid dienone is 1. The first kappa shape index (κ1) is 12.3. The predicted octanol–water partition coefficient (Wildman–Crippen LogP) is 4.03. The molecule has 0 unspecified atom stereocenters. The van der Waals surface area contributed by atoms with E-state index < -0.39 is 0 Å². The largest absolute Gasteiger partial charge is 0.366 e. The van der Waals surface area contributed by atoms with Crippen LogP contribution in [0.5, 0.6) is 0 Å². The van der Waals surface area contributed by atoms with Crippen LogP contribution in [0.15, 0.2) is 17.7 Å². The number of halogens is 1. The summed E-state index contributed by atoms with van der Waals surface area (Å²) in [7, 11) is 0. The van der Waals surface area contributed by atoms with E-state index in [-0.39, 0.29) is 0 Å². The molecule has 0 radical (unpaired) electrons. The van der Waals surface area contributed by atoms with Gasteiger partial charge in [0, 0.05) is 11.4 Å². The van der Waals surface area contributed by atoms with Gasteiger partial charge in [-0.2, -0.15) is 0 Å². The van der Waals surface area contributed by atoms with Gasteiger partial charge in [0.05, 0.1) is 5.39 Å². The zero-order valence-electron chi connectivity index (χ0n) is 10.0. The molecule has 1 N–H and O–H groups in total. The molecule has 0 amide bonds. The standard InChI is InChI=1S/C12H14ClN3S/c1-7(2)4-5-14-10-9-6-8(3)17-11(9)16-12(13)15-10/h4,6H,5H2,1-3H3,(H,14,15,16). The lowest BCUT2D eigenvalue weighted by Crippen LogP contribution is -2.02. The second-order valence-electron chi connectivity index (χ2n) is 4.08. The maximum absolute atomic E-state index is 5.90. The van der Waals surface area contributed by atoms with Crippen molar-refractivity contribution in [3.63, 3.8) is 0 Å². The maximum Gasteiger partial charge on any atom is 0.225 e. The zero-order chi connectivity index (χ0) is 12.4. The third kappa shape index (κ3) is 2.96. The normalized spacial score (nSPS) is 10.6. The number of hydrogen-bond acceptors (Lipinski definition) is 4. The molecule has 2 heterocycles. The van der Waals surface area contributed by atoms with E-state index in [2.05, 4.69) is 48.2 Å². The molecule has 3 nitrogen and oxygen atoms in total. The summed E-state index contributed by atoms with van der Waals surface area (Å²) in [6.45, 7) is 6.94. The Morgan fingerprint density at radius 1 is 1.47 bits per heavy atom. The number of nitrogens with zero attached hydrogens (tertiary/aromatic N) is 2. The summed E-state index contributed by atoms with van der Waals surface area (Å²) in [5, 5.41) is 4.60. The Balaban J connectivity index is 2.35. The molecule has 17 heavy (non-hydrogen) atoms. The SMILES string of the molecule is CC(C)=CCNc1nc(Cl)nc2sc(C)cc12. The van der Waals surface area contributed by atoms with Gasteiger partial charge in [-0.1, -0.05) is 11.6 Å². The Morgan fingerprint density at radius 3 is 2.94 bits per heavy atom. The van der Waals surface area contributed by atoms with E-state index in [1.54, 1.807) is 11.3 Å². The first-order valence-corrected chi connectivity index (χ1v) is 6.56. The van der Waals surface area contributed by atoms with Crippen LogP contribution >= 0.6 is 22.9 Å². The van der Waals surface area contributed by atoms with Crippen molar-refractivity contribution in [1.82, 2.24) is 9.97 Å². The summed E-state index contributed by atoms with van der Waals surface area (Å²) in [4.78, 5) is 10.6. The summed E-state index contributed by atoms with van der Waals surface area (Å²) in [5.74, 6) is 0.807. The van der Waals surface area contributed by atoms with Crippen LogP contribution in [0.25, 0.3) is 10.2 Å².